The normalized spacial score (nSPS) is 15.5. The monoisotopic (exact) mass is 439 g/mol. The van der Waals surface area contributed by atoms with E-state index in [4.69, 9.17) is 4.74 Å². The van der Waals surface area contributed by atoms with E-state index in [1.165, 1.54) is 4.31 Å². The molecule has 4 rings (SSSR count). The Morgan fingerprint density at radius 1 is 0.968 bits per heavy atom. The van der Waals surface area contributed by atoms with Crippen molar-refractivity contribution in [2.45, 2.75) is 23.8 Å². The van der Waals surface area contributed by atoms with Gasteiger partial charge in [0.15, 0.2) is 0 Å². The Kier molecular flexibility index (Phi) is 6.11. The van der Waals surface area contributed by atoms with Gasteiger partial charge in [-0.2, -0.15) is 4.31 Å². The summed E-state index contributed by atoms with van der Waals surface area (Å²) in [5, 5.41) is 3.03. The fraction of sp³-hybridized carbons (Fsp3) is 0.261. The van der Waals surface area contributed by atoms with Crippen molar-refractivity contribution in [3.63, 3.8) is 0 Å². The van der Waals surface area contributed by atoms with Crippen LogP contribution in [0.2, 0.25) is 0 Å². The standard InChI is InChI=1S/C23H25N3O4S/c1-30-21-8-10-22(11-9-21)31(28,29)26-16-12-19(13-17-26)24-23(27)18-4-6-20(7-5-18)25-14-2-3-15-25/h2-11,14-15,19H,12-13,16-17H2,1H3,(H,24,27). The van der Waals surface area contributed by atoms with Gasteiger partial charge in [0, 0.05) is 42.8 Å². The number of carbonyl (C=O) groups excluding carboxylic acids is 1. The van der Waals surface area contributed by atoms with Crippen LogP contribution in [0.1, 0.15) is 23.2 Å². The molecule has 2 heterocycles. The van der Waals surface area contributed by atoms with Crippen molar-refractivity contribution in [2.75, 3.05) is 20.2 Å². The molecule has 1 aliphatic heterocycles. The van der Waals surface area contributed by atoms with Crippen LogP contribution in [-0.4, -0.2) is 49.4 Å². The SMILES string of the molecule is COc1ccc(S(=O)(=O)N2CCC(NC(=O)c3ccc(-n4cccc4)cc3)CC2)cc1. The summed E-state index contributed by atoms with van der Waals surface area (Å²) in [5.41, 5.74) is 1.57. The first-order valence-electron chi connectivity index (χ1n) is 10.2. The molecule has 1 amide bonds. The molecule has 8 heteroatoms. The molecule has 0 bridgehead atoms. The lowest BCUT2D eigenvalue weighted by molar-refractivity contribution is 0.0924. The van der Waals surface area contributed by atoms with Gasteiger partial charge in [0.05, 0.1) is 12.0 Å². The number of rotatable bonds is 6. The van der Waals surface area contributed by atoms with Crippen LogP contribution in [-0.2, 0) is 10.0 Å². The van der Waals surface area contributed by atoms with Crippen molar-refractivity contribution in [1.82, 2.24) is 14.2 Å². The number of aromatic nitrogens is 1. The van der Waals surface area contributed by atoms with E-state index < -0.39 is 10.0 Å². The molecule has 1 aliphatic rings. The highest BCUT2D eigenvalue weighted by Crippen LogP contribution is 2.23. The van der Waals surface area contributed by atoms with Crippen LogP contribution in [0, 0.1) is 0 Å². The fourth-order valence-electron chi connectivity index (χ4n) is 3.70. The largest absolute Gasteiger partial charge is 0.497 e. The van der Waals surface area contributed by atoms with Crippen molar-refractivity contribution in [3.05, 3.63) is 78.6 Å². The Hall–Kier alpha value is -3.10. The van der Waals surface area contributed by atoms with E-state index >= 15 is 0 Å². The molecule has 1 saturated heterocycles. The van der Waals surface area contributed by atoms with Crippen LogP contribution >= 0.6 is 0 Å². The summed E-state index contributed by atoms with van der Waals surface area (Å²) in [6, 6.07) is 17.6. The molecule has 0 aliphatic carbocycles. The van der Waals surface area contributed by atoms with Crippen molar-refractivity contribution in [1.29, 1.82) is 0 Å². The van der Waals surface area contributed by atoms with Crippen LogP contribution in [0.4, 0.5) is 0 Å². The lowest BCUT2D eigenvalue weighted by Crippen LogP contribution is -2.46. The molecule has 0 atom stereocenters. The number of nitrogens with one attached hydrogen (secondary N) is 1. The second-order valence-corrected chi connectivity index (χ2v) is 9.40. The van der Waals surface area contributed by atoms with Crippen LogP contribution < -0.4 is 10.1 Å². The first kappa shape index (κ1) is 21.1. The Balaban J connectivity index is 1.33. The lowest BCUT2D eigenvalue weighted by atomic mass is 10.1. The Morgan fingerprint density at radius 2 is 1.58 bits per heavy atom. The van der Waals surface area contributed by atoms with Gasteiger partial charge in [-0.25, -0.2) is 8.42 Å². The molecule has 0 saturated carbocycles. The summed E-state index contributed by atoms with van der Waals surface area (Å²) in [6.07, 6.45) is 5.04. The second-order valence-electron chi connectivity index (χ2n) is 7.46. The van der Waals surface area contributed by atoms with E-state index in [1.54, 1.807) is 43.5 Å². The van der Waals surface area contributed by atoms with Gasteiger partial charge in [-0.3, -0.25) is 4.79 Å². The summed E-state index contributed by atoms with van der Waals surface area (Å²) in [6.45, 7) is 0.734. The minimum absolute atomic E-state index is 0.0565. The average molecular weight is 440 g/mol. The first-order chi connectivity index (χ1) is 15.0. The number of carbonyl (C=O) groups is 1. The van der Waals surface area contributed by atoms with E-state index in [-0.39, 0.29) is 16.8 Å². The van der Waals surface area contributed by atoms with Crippen molar-refractivity contribution in [2.24, 2.45) is 0 Å². The minimum Gasteiger partial charge on any atom is -0.497 e. The topological polar surface area (TPSA) is 80.6 Å². The van der Waals surface area contributed by atoms with Gasteiger partial charge >= 0.3 is 0 Å². The molecule has 3 aromatic rings. The fourth-order valence-corrected chi connectivity index (χ4v) is 5.17. The van der Waals surface area contributed by atoms with Crippen LogP contribution in [0.3, 0.4) is 0 Å². The molecule has 0 unspecified atom stereocenters. The van der Waals surface area contributed by atoms with E-state index in [0.717, 1.165) is 5.69 Å². The molecule has 0 spiro atoms. The van der Waals surface area contributed by atoms with Gasteiger partial charge < -0.3 is 14.6 Å². The molecule has 7 nitrogen and oxygen atoms in total. The third-order valence-corrected chi connectivity index (χ3v) is 7.43. The zero-order valence-corrected chi connectivity index (χ0v) is 18.1. The average Bonchev–Trinajstić information content (AvgIpc) is 3.34. The smallest absolute Gasteiger partial charge is 0.251 e. The predicted molar refractivity (Wildman–Crippen MR) is 118 cm³/mol. The van der Waals surface area contributed by atoms with Gasteiger partial charge in [-0.05, 0) is 73.5 Å². The molecule has 1 aromatic heterocycles. The molecular formula is C23H25N3O4S. The highest BCUT2D eigenvalue weighted by atomic mass is 32.2. The predicted octanol–water partition coefficient (Wildman–Crippen LogP) is 3.07. The van der Waals surface area contributed by atoms with Crippen molar-refractivity contribution >= 4 is 15.9 Å². The molecular weight excluding hydrogens is 414 g/mol. The number of sulfonamides is 1. The number of ether oxygens (including phenoxy) is 1. The lowest BCUT2D eigenvalue weighted by Gasteiger charge is -2.31. The molecule has 162 valence electrons. The van der Waals surface area contributed by atoms with Gasteiger partial charge in [-0.15, -0.1) is 0 Å². The van der Waals surface area contributed by atoms with Gasteiger partial charge in [0.1, 0.15) is 5.75 Å². The summed E-state index contributed by atoms with van der Waals surface area (Å²) in [5.74, 6) is 0.470. The Morgan fingerprint density at radius 3 is 2.16 bits per heavy atom. The van der Waals surface area contributed by atoms with E-state index in [0.29, 0.717) is 37.2 Å². The van der Waals surface area contributed by atoms with Gasteiger partial charge in [0.25, 0.3) is 5.91 Å². The molecule has 1 N–H and O–H groups in total. The quantitative estimate of drug-likeness (QED) is 0.640. The highest BCUT2D eigenvalue weighted by molar-refractivity contribution is 7.89. The Labute approximate surface area is 182 Å². The number of piperidine rings is 1. The number of nitrogens with zero attached hydrogens (tertiary/aromatic N) is 2. The maximum Gasteiger partial charge on any atom is 0.251 e. The third kappa shape index (κ3) is 4.65. The van der Waals surface area contributed by atoms with Crippen LogP contribution in [0.25, 0.3) is 5.69 Å². The number of hydrogen-bond donors (Lipinski definition) is 1. The molecule has 2 aromatic carbocycles. The molecule has 1 fully saturated rings. The first-order valence-corrected chi connectivity index (χ1v) is 11.6. The number of hydrogen-bond acceptors (Lipinski definition) is 4. The minimum atomic E-state index is -3.55. The summed E-state index contributed by atoms with van der Waals surface area (Å²) < 4.78 is 34.3. The van der Waals surface area contributed by atoms with E-state index in [9.17, 15) is 13.2 Å². The van der Waals surface area contributed by atoms with Gasteiger partial charge in [0.2, 0.25) is 10.0 Å². The van der Waals surface area contributed by atoms with E-state index in [1.807, 2.05) is 41.2 Å². The number of methoxy groups -OCH3 is 1. The van der Waals surface area contributed by atoms with Gasteiger partial charge in [-0.1, -0.05) is 0 Å². The maximum absolute atomic E-state index is 12.9. The Bertz CT molecular complexity index is 1120. The zero-order valence-electron chi connectivity index (χ0n) is 17.3. The summed E-state index contributed by atoms with van der Waals surface area (Å²) >= 11 is 0. The number of amides is 1. The summed E-state index contributed by atoms with van der Waals surface area (Å²) in [7, 11) is -2.01. The molecule has 0 radical (unpaired) electrons. The van der Waals surface area contributed by atoms with Crippen LogP contribution in [0.15, 0.2) is 78.0 Å². The number of benzene rings is 2. The third-order valence-electron chi connectivity index (χ3n) is 5.52. The van der Waals surface area contributed by atoms with Crippen molar-refractivity contribution < 1.29 is 17.9 Å². The second kappa shape index (κ2) is 8.95. The van der Waals surface area contributed by atoms with E-state index in [2.05, 4.69) is 5.32 Å². The zero-order chi connectivity index (χ0) is 21.8. The maximum atomic E-state index is 12.9. The molecule has 31 heavy (non-hydrogen) atoms. The highest BCUT2D eigenvalue weighted by Gasteiger charge is 2.30. The summed E-state index contributed by atoms with van der Waals surface area (Å²) in [4.78, 5) is 12.9. The van der Waals surface area contributed by atoms with Crippen LogP contribution in [0.5, 0.6) is 5.75 Å². The van der Waals surface area contributed by atoms with Crippen molar-refractivity contribution in [3.8, 4) is 11.4 Å².